The second-order valence-corrected chi connectivity index (χ2v) is 9.31. The van der Waals surface area contributed by atoms with Gasteiger partial charge in [0.25, 0.3) is 5.91 Å². The van der Waals surface area contributed by atoms with E-state index in [0.29, 0.717) is 24.6 Å². The molecule has 8 heteroatoms. The van der Waals surface area contributed by atoms with Gasteiger partial charge in [-0.05, 0) is 37.8 Å². The van der Waals surface area contributed by atoms with Gasteiger partial charge in [0.2, 0.25) is 16.1 Å². The van der Waals surface area contributed by atoms with Gasteiger partial charge in [0.05, 0.1) is 4.90 Å². The third-order valence-corrected chi connectivity index (χ3v) is 7.37. The van der Waals surface area contributed by atoms with E-state index in [0.717, 1.165) is 51.6 Å². The maximum Gasteiger partial charge on any atom is 0.267 e. The summed E-state index contributed by atoms with van der Waals surface area (Å²) in [6, 6.07) is 4.64. The van der Waals surface area contributed by atoms with Gasteiger partial charge in [0.15, 0.2) is 11.5 Å². The lowest BCUT2D eigenvalue weighted by Gasteiger charge is -2.30. The predicted molar refractivity (Wildman–Crippen MR) is 99.4 cm³/mol. The Bertz CT molecular complexity index is 796. The number of hydrogen-bond donors (Lipinski definition) is 0. The van der Waals surface area contributed by atoms with Crippen LogP contribution in [-0.4, -0.2) is 62.4 Å². The molecular weight excluding hydrogens is 368 g/mol. The number of nitrogens with zero attached hydrogens (tertiary/aromatic N) is 2. The number of benzene rings is 1. The molecule has 27 heavy (non-hydrogen) atoms. The van der Waals surface area contributed by atoms with Gasteiger partial charge in [0.1, 0.15) is 6.61 Å². The van der Waals surface area contributed by atoms with Crippen LogP contribution in [0.25, 0.3) is 0 Å². The van der Waals surface area contributed by atoms with Crippen LogP contribution in [0, 0.1) is 0 Å². The summed E-state index contributed by atoms with van der Waals surface area (Å²) in [4.78, 5) is 14.8. The SMILES string of the molecule is O=C(C1COc2cc(S(=O)(=O)N3CCCC3)ccc2O1)N1CCCCCC1. The summed E-state index contributed by atoms with van der Waals surface area (Å²) in [5, 5.41) is 0. The first-order valence-corrected chi connectivity index (χ1v) is 11.2. The molecule has 1 aromatic carbocycles. The van der Waals surface area contributed by atoms with Crippen molar-refractivity contribution < 1.29 is 22.7 Å². The van der Waals surface area contributed by atoms with Crippen LogP contribution in [0.1, 0.15) is 38.5 Å². The number of ether oxygens (including phenoxy) is 2. The summed E-state index contributed by atoms with van der Waals surface area (Å²) in [5.41, 5.74) is 0. The van der Waals surface area contributed by atoms with Crippen molar-refractivity contribution in [3.05, 3.63) is 18.2 Å². The summed E-state index contributed by atoms with van der Waals surface area (Å²) in [5.74, 6) is 0.765. The zero-order chi connectivity index (χ0) is 18.9. The average molecular weight is 394 g/mol. The highest BCUT2D eigenvalue weighted by Crippen LogP contribution is 2.35. The lowest BCUT2D eigenvalue weighted by atomic mass is 10.2. The predicted octanol–water partition coefficient (Wildman–Crippen LogP) is 2.01. The van der Waals surface area contributed by atoms with Crippen molar-refractivity contribution in [1.82, 2.24) is 9.21 Å². The molecule has 3 heterocycles. The molecule has 2 fully saturated rings. The molecule has 3 aliphatic heterocycles. The molecule has 3 aliphatic rings. The number of hydrogen-bond acceptors (Lipinski definition) is 5. The Hall–Kier alpha value is -1.80. The van der Waals surface area contributed by atoms with E-state index in [1.807, 2.05) is 4.90 Å². The molecule has 0 spiro atoms. The molecule has 0 bridgehead atoms. The molecule has 0 aromatic heterocycles. The number of fused-ring (bicyclic) bond motifs is 1. The van der Waals surface area contributed by atoms with Gasteiger partial charge < -0.3 is 14.4 Å². The fraction of sp³-hybridized carbons (Fsp3) is 0.632. The second kappa shape index (κ2) is 7.67. The quantitative estimate of drug-likeness (QED) is 0.784. The summed E-state index contributed by atoms with van der Waals surface area (Å²) in [6.45, 7) is 2.75. The Kier molecular flexibility index (Phi) is 5.27. The van der Waals surface area contributed by atoms with Gasteiger partial charge in [-0.1, -0.05) is 12.8 Å². The van der Waals surface area contributed by atoms with Crippen molar-refractivity contribution >= 4 is 15.9 Å². The number of sulfonamides is 1. The van der Waals surface area contributed by atoms with Gasteiger partial charge in [0, 0.05) is 32.2 Å². The van der Waals surface area contributed by atoms with Crippen LogP contribution < -0.4 is 9.47 Å². The third-order valence-electron chi connectivity index (χ3n) is 5.47. The molecule has 0 radical (unpaired) electrons. The first kappa shape index (κ1) is 18.6. The van der Waals surface area contributed by atoms with E-state index in [1.165, 1.54) is 16.4 Å². The number of likely N-dealkylation sites (tertiary alicyclic amines) is 1. The average Bonchev–Trinajstić information content (AvgIpc) is 3.10. The highest BCUT2D eigenvalue weighted by Gasteiger charge is 2.33. The minimum atomic E-state index is -3.50. The Morgan fingerprint density at radius 3 is 2.30 bits per heavy atom. The monoisotopic (exact) mass is 394 g/mol. The molecule has 7 nitrogen and oxygen atoms in total. The van der Waals surface area contributed by atoms with Crippen LogP contribution in [-0.2, 0) is 14.8 Å². The Labute approximate surface area is 160 Å². The highest BCUT2D eigenvalue weighted by molar-refractivity contribution is 7.89. The first-order valence-electron chi connectivity index (χ1n) is 9.78. The summed E-state index contributed by atoms with van der Waals surface area (Å²) >= 11 is 0. The molecule has 0 N–H and O–H groups in total. The normalized spacial score (nSPS) is 23.9. The van der Waals surface area contributed by atoms with E-state index >= 15 is 0 Å². The fourth-order valence-electron chi connectivity index (χ4n) is 3.91. The molecule has 4 rings (SSSR count). The van der Waals surface area contributed by atoms with Crippen LogP contribution in [0.4, 0.5) is 0 Å². The van der Waals surface area contributed by atoms with Crippen LogP contribution in [0.2, 0.25) is 0 Å². The standard InChI is InChI=1S/C19H26N2O5S/c22-19(20-9-3-1-2-4-10-20)18-14-25-17-13-15(7-8-16(17)26-18)27(23,24)21-11-5-6-12-21/h7-8,13,18H,1-6,9-12,14H2. The van der Waals surface area contributed by atoms with Gasteiger partial charge in [-0.2, -0.15) is 4.31 Å². The maximum atomic E-state index is 12.7. The van der Waals surface area contributed by atoms with Crippen molar-refractivity contribution in [3.63, 3.8) is 0 Å². The molecule has 2 saturated heterocycles. The minimum Gasteiger partial charge on any atom is -0.485 e. The van der Waals surface area contributed by atoms with E-state index in [4.69, 9.17) is 9.47 Å². The molecule has 1 atom stereocenters. The zero-order valence-corrected chi connectivity index (χ0v) is 16.2. The van der Waals surface area contributed by atoms with Crippen LogP contribution in [0.3, 0.4) is 0 Å². The Morgan fingerprint density at radius 2 is 1.59 bits per heavy atom. The Balaban J connectivity index is 1.48. The Morgan fingerprint density at radius 1 is 0.926 bits per heavy atom. The van der Waals surface area contributed by atoms with Crippen LogP contribution >= 0.6 is 0 Å². The molecule has 0 aliphatic carbocycles. The summed E-state index contributed by atoms with van der Waals surface area (Å²) in [7, 11) is -3.50. The lowest BCUT2D eigenvalue weighted by Crippen LogP contribution is -2.46. The summed E-state index contributed by atoms with van der Waals surface area (Å²) < 4.78 is 38.5. The number of carbonyl (C=O) groups is 1. The first-order chi connectivity index (χ1) is 13.1. The van der Waals surface area contributed by atoms with Crippen molar-refractivity contribution in [1.29, 1.82) is 0 Å². The largest absolute Gasteiger partial charge is 0.485 e. The highest BCUT2D eigenvalue weighted by atomic mass is 32.2. The topological polar surface area (TPSA) is 76.2 Å². The number of amides is 1. The van der Waals surface area contributed by atoms with E-state index < -0.39 is 16.1 Å². The summed E-state index contributed by atoms with van der Waals surface area (Å²) in [6.07, 6.45) is 5.47. The van der Waals surface area contributed by atoms with E-state index in [1.54, 1.807) is 6.07 Å². The van der Waals surface area contributed by atoms with Crippen molar-refractivity contribution in [2.24, 2.45) is 0 Å². The molecule has 1 aromatic rings. The minimum absolute atomic E-state index is 0.0451. The number of rotatable bonds is 3. The molecule has 1 amide bonds. The maximum absolute atomic E-state index is 12.7. The molecular formula is C19H26N2O5S. The molecule has 148 valence electrons. The van der Waals surface area contributed by atoms with Crippen molar-refractivity contribution in [3.8, 4) is 11.5 Å². The van der Waals surface area contributed by atoms with E-state index in [-0.39, 0.29) is 17.4 Å². The van der Waals surface area contributed by atoms with Crippen LogP contribution in [0.15, 0.2) is 23.1 Å². The molecule has 0 saturated carbocycles. The van der Waals surface area contributed by atoms with E-state index in [9.17, 15) is 13.2 Å². The van der Waals surface area contributed by atoms with Crippen molar-refractivity contribution in [2.75, 3.05) is 32.8 Å². The molecule has 1 unspecified atom stereocenters. The second-order valence-electron chi connectivity index (χ2n) is 7.38. The van der Waals surface area contributed by atoms with Crippen LogP contribution in [0.5, 0.6) is 11.5 Å². The van der Waals surface area contributed by atoms with Gasteiger partial charge in [-0.3, -0.25) is 4.79 Å². The number of carbonyl (C=O) groups excluding carboxylic acids is 1. The zero-order valence-electron chi connectivity index (χ0n) is 15.4. The lowest BCUT2D eigenvalue weighted by molar-refractivity contribution is -0.141. The fourth-order valence-corrected chi connectivity index (χ4v) is 5.44. The van der Waals surface area contributed by atoms with Gasteiger partial charge >= 0.3 is 0 Å². The van der Waals surface area contributed by atoms with Gasteiger partial charge in [-0.15, -0.1) is 0 Å². The smallest absolute Gasteiger partial charge is 0.267 e. The van der Waals surface area contributed by atoms with E-state index in [2.05, 4.69) is 0 Å². The van der Waals surface area contributed by atoms with Crippen molar-refractivity contribution in [2.45, 2.75) is 49.5 Å². The van der Waals surface area contributed by atoms with Gasteiger partial charge in [-0.25, -0.2) is 8.42 Å². The third kappa shape index (κ3) is 3.78.